The minimum absolute atomic E-state index is 0.116. The fourth-order valence-corrected chi connectivity index (χ4v) is 2.83. The summed E-state index contributed by atoms with van der Waals surface area (Å²) >= 11 is 1.59. The van der Waals surface area contributed by atoms with Crippen LogP contribution in [0.25, 0.3) is 0 Å². The van der Waals surface area contributed by atoms with Crippen LogP contribution >= 0.6 is 11.3 Å². The maximum absolute atomic E-state index is 11.7. The van der Waals surface area contributed by atoms with Crippen molar-refractivity contribution in [1.82, 2.24) is 4.98 Å². The lowest BCUT2D eigenvalue weighted by molar-refractivity contribution is -0.126. The third kappa shape index (κ3) is 2.41. The number of aryl methyl sites for hydroxylation is 2. The Morgan fingerprint density at radius 3 is 3.12 bits per heavy atom. The predicted octanol–water partition coefficient (Wildman–Crippen LogP) is 2.00. The van der Waals surface area contributed by atoms with Crippen LogP contribution in [0.4, 0.5) is 5.13 Å². The first-order chi connectivity index (χ1) is 7.70. The molecule has 1 heterocycles. The molecule has 4 nitrogen and oxygen atoms in total. The van der Waals surface area contributed by atoms with E-state index in [0.717, 1.165) is 18.5 Å². The van der Waals surface area contributed by atoms with Crippen LogP contribution in [-0.2, 0) is 22.4 Å². The van der Waals surface area contributed by atoms with Crippen LogP contribution < -0.4 is 5.32 Å². The number of amides is 1. The minimum atomic E-state index is -0.413. The van der Waals surface area contributed by atoms with Gasteiger partial charge in [-0.25, -0.2) is 4.98 Å². The molecule has 0 unspecified atom stereocenters. The van der Waals surface area contributed by atoms with Crippen LogP contribution in [0, 0.1) is 0 Å². The molecule has 1 aromatic rings. The van der Waals surface area contributed by atoms with E-state index < -0.39 is 6.10 Å². The fourth-order valence-electron chi connectivity index (χ4n) is 1.78. The van der Waals surface area contributed by atoms with E-state index in [2.05, 4.69) is 10.3 Å². The molecule has 0 saturated heterocycles. The zero-order valence-corrected chi connectivity index (χ0v) is 10.4. The highest BCUT2D eigenvalue weighted by Gasteiger charge is 2.19. The van der Waals surface area contributed by atoms with Gasteiger partial charge in [-0.3, -0.25) is 10.1 Å². The van der Waals surface area contributed by atoms with Crippen LogP contribution in [-0.4, -0.2) is 23.6 Å². The molecule has 1 atom stereocenters. The van der Waals surface area contributed by atoms with Gasteiger partial charge in [0.15, 0.2) is 5.13 Å². The lowest BCUT2D eigenvalue weighted by atomic mass is 10.4. The van der Waals surface area contributed by atoms with E-state index in [9.17, 15) is 4.79 Å². The van der Waals surface area contributed by atoms with Gasteiger partial charge in [-0.2, -0.15) is 0 Å². The Bertz CT molecular complexity index is 368. The molecule has 5 heteroatoms. The molecule has 1 N–H and O–H groups in total. The number of fused-ring (bicyclic) bond motifs is 1. The highest BCUT2D eigenvalue weighted by molar-refractivity contribution is 7.15. The molecular weight excluding hydrogens is 224 g/mol. The highest BCUT2D eigenvalue weighted by atomic mass is 32.1. The molecule has 1 aromatic heterocycles. The first kappa shape index (κ1) is 11.5. The maximum atomic E-state index is 11.7. The Labute approximate surface area is 99.0 Å². The summed E-state index contributed by atoms with van der Waals surface area (Å²) in [7, 11) is 0. The van der Waals surface area contributed by atoms with Crippen LogP contribution in [0.2, 0.25) is 0 Å². The zero-order chi connectivity index (χ0) is 11.5. The summed E-state index contributed by atoms with van der Waals surface area (Å²) in [5, 5.41) is 3.51. The smallest absolute Gasteiger partial charge is 0.254 e. The number of aromatic nitrogens is 1. The zero-order valence-electron chi connectivity index (χ0n) is 9.58. The number of hydrogen-bond donors (Lipinski definition) is 1. The normalized spacial score (nSPS) is 15.9. The molecule has 88 valence electrons. The van der Waals surface area contributed by atoms with Gasteiger partial charge in [-0.1, -0.05) is 0 Å². The van der Waals surface area contributed by atoms with Crippen LogP contribution in [0.5, 0.6) is 0 Å². The summed E-state index contributed by atoms with van der Waals surface area (Å²) in [4.78, 5) is 17.4. The molecule has 0 radical (unpaired) electrons. The number of anilines is 1. The second-order valence-electron chi connectivity index (χ2n) is 3.83. The van der Waals surface area contributed by atoms with Gasteiger partial charge in [0.05, 0.1) is 5.69 Å². The molecule has 0 aromatic carbocycles. The number of nitrogens with one attached hydrogen (secondary N) is 1. The largest absolute Gasteiger partial charge is 0.369 e. The second kappa shape index (κ2) is 4.93. The first-order valence-electron chi connectivity index (χ1n) is 5.61. The van der Waals surface area contributed by atoms with Crippen molar-refractivity contribution in [2.75, 3.05) is 11.9 Å². The van der Waals surface area contributed by atoms with Crippen LogP contribution in [0.1, 0.15) is 30.8 Å². The van der Waals surface area contributed by atoms with Crippen molar-refractivity contribution in [1.29, 1.82) is 0 Å². The molecule has 0 spiro atoms. The SMILES string of the molecule is CCO[C@@H](C)C(=O)Nc1nc2c(s1)CCC2. The number of rotatable bonds is 4. The number of carbonyl (C=O) groups is 1. The van der Waals surface area contributed by atoms with Crippen molar-refractivity contribution in [3.63, 3.8) is 0 Å². The Kier molecular flexibility index (Phi) is 3.56. The van der Waals surface area contributed by atoms with E-state index >= 15 is 0 Å². The van der Waals surface area contributed by atoms with Crippen molar-refractivity contribution in [2.24, 2.45) is 0 Å². The summed E-state index contributed by atoms with van der Waals surface area (Å²) in [6.45, 7) is 4.17. The van der Waals surface area contributed by atoms with E-state index in [1.165, 1.54) is 11.3 Å². The Balaban J connectivity index is 1.96. The van der Waals surface area contributed by atoms with Gasteiger partial charge in [-0.15, -0.1) is 11.3 Å². The Morgan fingerprint density at radius 2 is 2.44 bits per heavy atom. The minimum Gasteiger partial charge on any atom is -0.369 e. The van der Waals surface area contributed by atoms with Crippen molar-refractivity contribution < 1.29 is 9.53 Å². The summed E-state index contributed by atoms with van der Waals surface area (Å²) in [5.74, 6) is -0.116. The Hall–Kier alpha value is -0.940. The van der Waals surface area contributed by atoms with Crippen molar-refractivity contribution in [3.05, 3.63) is 10.6 Å². The molecule has 1 aliphatic rings. The van der Waals surface area contributed by atoms with E-state index in [4.69, 9.17) is 4.74 Å². The Morgan fingerprint density at radius 1 is 1.62 bits per heavy atom. The summed E-state index contributed by atoms with van der Waals surface area (Å²) < 4.78 is 5.22. The molecule has 16 heavy (non-hydrogen) atoms. The molecule has 0 aliphatic heterocycles. The fraction of sp³-hybridized carbons (Fsp3) is 0.636. The number of thiazole rings is 1. The topological polar surface area (TPSA) is 51.2 Å². The number of carbonyl (C=O) groups excluding carboxylic acids is 1. The van der Waals surface area contributed by atoms with Gasteiger partial charge in [0.1, 0.15) is 6.10 Å². The van der Waals surface area contributed by atoms with Gasteiger partial charge in [0, 0.05) is 11.5 Å². The quantitative estimate of drug-likeness (QED) is 0.875. The predicted molar refractivity (Wildman–Crippen MR) is 63.9 cm³/mol. The molecular formula is C11H16N2O2S. The van der Waals surface area contributed by atoms with Crippen molar-refractivity contribution in [3.8, 4) is 0 Å². The average molecular weight is 240 g/mol. The van der Waals surface area contributed by atoms with Crippen molar-refractivity contribution in [2.45, 2.75) is 39.2 Å². The lowest BCUT2D eigenvalue weighted by Gasteiger charge is -2.09. The number of nitrogens with zero attached hydrogens (tertiary/aromatic N) is 1. The van der Waals surface area contributed by atoms with Crippen LogP contribution in [0.3, 0.4) is 0 Å². The number of ether oxygens (including phenoxy) is 1. The molecule has 1 aliphatic carbocycles. The third-order valence-corrected chi connectivity index (χ3v) is 3.68. The highest BCUT2D eigenvalue weighted by Crippen LogP contribution is 2.30. The number of hydrogen-bond acceptors (Lipinski definition) is 4. The van der Waals surface area contributed by atoms with Crippen LogP contribution in [0.15, 0.2) is 0 Å². The molecule has 0 fully saturated rings. The summed E-state index contributed by atoms with van der Waals surface area (Å²) in [5.41, 5.74) is 1.16. The lowest BCUT2D eigenvalue weighted by Crippen LogP contribution is -2.27. The monoisotopic (exact) mass is 240 g/mol. The van der Waals surface area contributed by atoms with Gasteiger partial charge in [-0.05, 0) is 33.1 Å². The standard InChI is InChI=1S/C11H16N2O2S/c1-3-15-7(2)10(14)13-11-12-8-5-4-6-9(8)16-11/h7H,3-6H2,1-2H3,(H,12,13,14)/t7-/m0/s1. The van der Waals surface area contributed by atoms with Gasteiger partial charge >= 0.3 is 0 Å². The summed E-state index contributed by atoms with van der Waals surface area (Å²) in [6, 6.07) is 0. The second-order valence-corrected chi connectivity index (χ2v) is 4.91. The first-order valence-corrected chi connectivity index (χ1v) is 6.43. The molecule has 2 rings (SSSR count). The van der Waals surface area contributed by atoms with E-state index in [1.807, 2.05) is 6.92 Å². The van der Waals surface area contributed by atoms with Gasteiger partial charge in [0.25, 0.3) is 5.91 Å². The maximum Gasteiger partial charge on any atom is 0.254 e. The van der Waals surface area contributed by atoms with E-state index in [-0.39, 0.29) is 5.91 Å². The van der Waals surface area contributed by atoms with Crippen molar-refractivity contribution >= 4 is 22.4 Å². The van der Waals surface area contributed by atoms with Gasteiger partial charge in [0.2, 0.25) is 0 Å². The van der Waals surface area contributed by atoms with Gasteiger partial charge < -0.3 is 4.74 Å². The third-order valence-electron chi connectivity index (χ3n) is 2.61. The molecule has 0 saturated carbocycles. The average Bonchev–Trinajstić information content (AvgIpc) is 2.78. The molecule has 0 bridgehead atoms. The molecule has 1 amide bonds. The van der Waals surface area contributed by atoms with E-state index in [1.54, 1.807) is 18.3 Å². The summed E-state index contributed by atoms with van der Waals surface area (Å²) in [6.07, 6.45) is 2.92. The van der Waals surface area contributed by atoms with E-state index in [0.29, 0.717) is 11.7 Å².